The Balaban J connectivity index is 2.71. The number of aliphatic carboxylic acids is 1. The molecule has 6 nitrogen and oxygen atoms in total. The van der Waals surface area contributed by atoms with Gasteiger partial charge in [0, 0.05) is 26.7 Å². The lowest BCUT2D eigenvalue weighted by Crippen LogP contribution is -2.52. The topological polar surface area (TPSA) is 84.6 Å². The largest absolute Gasteiger partial charge is 0.481 e. The fourth-order valence-electron chi connectivity index (χ4n) is 2.46. The molecule has 1 fully saturated rings. The number of rotatable bonds is 4. The quantitative estimate of drug-likeness (QED) is 0.837. The van der Waals surface area contributed by atoms with Gasteiger partial charge >= 0.3 is 12.0 Å². The first kappa shape index (κ1) is 15.3. The van der Waals surface area contributed by atoms with Crippen LogP contribution >= 0.6 is 0 Å². The molecule has 1 N–H and O–H groups in total. The molecule has 1 unspecified atom stereocenters. The lowest BCUT2D eigenvalue weighted by molar-refractivity contribution is -0.152. The Morgan fingerprint density at radius 1 is 1.53 bits per heavy atom. The smallest absolute Gasteiger partial charge is 0.319 e. The summed E-state index contributed by atoms with van der Waals surface area (Å²) < 4.78 is 0. The van der Waals surface area contributed by atoms with Gasteiger partial charge in [-0.1, -0.05) is 6.92 Å². The van der Waals surface area contributed by atoms with Gasteiger partial charge in [0.25, 0.3) is 0 Å². The van der Waals surface area contributed by atoms with Crippen molar-refractivity contribution in [2.75, 3.05) is 26.7 Å². The molecule has 1 heterocycles. The number of carboxylic acid groups (broad SMARTS) is 1. The van der Waals surface area contributed by atoms with Crippen LogP contribution < -0.4 is 0 Å². The van der Waals surface area contributed by atoms with E-state index in [1.165, 1.54) is 4.90 Å². The number of nitrogens with zero attached hydrogens (tertiary/aromatic N) is 3. The number of amides is 2. The van der Waals surface area contributed by atoms with Gasteiger partial charge in [-0.25, -0.2) is 4.79 Å². The van der Waals surface area contributed by atoms with Crippen molar-refractivity contribution in [3.8, 4) is 6.07 Å². The van der Waals surface area contributed by atoms with E-state index in [2.05, 4.69) is 0 Å². The number of hydrogen-bond donors (Lipinski definition) is 1. The van der Waals surface area contributed by atoms with E-state index in [9.17, 15) is 14.7 Å². The van der Waals surface area contributed by atoms with Crippen LogP contribution in [0.25, 0.3) is 0 Å². The molecule has 19 heavy (non-hydrogen) atoms. The molecule has 1 aliphatic heterocycles. The predicted octanol–water partition coefficient (Wildman–Crippen LogP) is 1.53. The standard InChI is InChI=1S/C13H21N3O3/c1-3-13(11(17)18)6-4-9-16(10-13)12(19)15(2)8-5-7-14/h3-6,8-10H2,1-2H3,(H,17,18). The van der Waals surface area contributed by atoms with E-state index in [4.69, 9.17) is 5.26 Å². The zero-order valence-corrected chi connectivity index (χ0v) is 11.6. The Bertz CT molecular complexity index is 391. The average Bonchev–Trinajstić information content (AvgIpc) is 2.43. The number of carboxylic acids is 1. The molecule has 1 rings (SSSR count). The van der Waals surface area contributed by atoms with Crippen molar-refractivity contribution in [2.45, 2.75) is 32.6 Å². The molecule has 6 heteroatoms. The minimum Gasteiger partial charge on any atom is -0.481 e. The summed E-state index contributed by atoms with van der Waals surface area (Å²) in [4.78, 5) is 26.7. The number of piperidine rings is 1. The first-order valence-electron chi connectivity index (χ1n) is 6.57. The highest BCUT2D eigenvalue weighted by Gasteiger charge is 2.42. The molecular formula is C13H21N3O3. The van der Waals surface area contributed by atoms with Crippen molar-refractivity contribution in [3.05, 3.63) is 0 Å². The summed E-state index contributed by atoms with van der Waals surface area (Å²) in [7, 11) is 1.64. The van der Waals surface area contributed by atoms with E-state index in [0.717, 1.165) is 0 Å². The minimum atomic E-state index is -0.827. The monoisotopic (exact) mass is 267 g/mol. The molecule has 106 valence electrons. The van der Waals surface area contributed by atoms with Crippen molar-refractivity contribution in [1.29, 1.82) is 5.26 Å². The van der Waals surface area contributed by atoms with E-state index in [1.807, 2.05) is 13.0 Å². The number of carbonyl (C=O) groups is 2. The predicted molar refractivity (Wildman–Crippen MR) is 69.4 cm³/mol. The molecule has 1 atom stereocenters. The molecule has 0 bridgehead atoms. The van der Waals surface area contributed by atoms with Crippen LogP contribution in [0.1, 0.15) is 32.6 Å². The average molecular weight is 267 g/mol. The molecule has 0 spiro atoms. The van der Waals surface area contributed by atoms with Gasteiger partial charge in [0.1, 0.15) is 0 Å². The van der Waals surface area contributed by atoms with Crippen molar-refractivity contribution in [3.63, 3.8) is 0 Å². The summed E-state index contributed by atoms with van der Waals surface area (Å²) in [6.45, 7) is 3.07. The van der Waals surface area contributed by atoms with Crippen molar-refractivity contribution >= 4 is 12.0 Å². The first-order chi connectivity index (χ1) is 8.96. The number of urea groups is 1. The van der Waals surface area contributed by atoms with Gasteiger partial charge in [-0.05, 0) is 19.3 Å². The Morgan fingerprint density at radius 3 is 2.74 bits per heavy atom. The lowest BCUT2D eigenvalue weighted by Gasteiger charge is -2.40. The van der Waals surface area contributed by atoms with Crippen LogP contribution in [0.3, 0.4) is 0 Å². The summed E-state index contributed by atoms with van der Waals surface area (Å²) in [5.41, 5.74) is -0.815. The molecule has 1 saturated heterocycles. The van der Waals surface area contributed by atoms with Crippen LogP contribution in [-0.2, 0) is 4.79 Å². The number of carbonyl (C=O) groups excluding carboxylic acids is 1. The maximum absolute atomic E-state index is 12.2. The Labute approximate surface area is 113 Å². The molecule has 0 radical (unpaired) electrons. The molecule has 0 aromatic carbocycles. The second-order valence-electron chi connectivity index (χ2n) is 5.08. The Morgan fingerprint density at radius 2 is 2.21 bits per heavy atom. The molecular weight excluding hydrogens is 246 g/mol. The molecule has 0 saturated carbocycles. The van der Waals surface area contributed by atoms with E-state index in [1.54, 1.807) is 11.9 Å². The second kappa shape index (κ2) is 6.41. The summed E-state index contributed by atoms with van der Waals surface area (Å²) >= 11 is 0. The van der Waals surface area contributed by atoms with Gasteiger partial charge < -0.3 is 14.9 Å². The summed E-state index contributed by atoms with van der Waals surface area (Å²) in [6, 6.07) is 1.81. The van der Waals surface area contributed by atoms with Crippen molar-refractivity contribution in [2.24, 2.45) is 5.41 Å². The SMILES string of the molecule is CCC1(C(=O)O)CCCN(C(=O)N(C)CCC#N)C1. The number of hydrogen-bond acceptors (Lipinski definition) is 3. The van der Waals surface area contributed by atoms with Gasteiger partial charge in [-0.2, -0.15) is 5.26 Å². The van der Waals surface area contributed by atoms with Crippen LogP contribution in [0.5, 0.6) is 0 Å². The minimum absolute atomic E-state index is 0.186. The van der Waals surface area contributed by atoms with Gasteiger partial charge in [-0.15, -0.1) is 0 Å². The van der Waals surface area contributed by atoms with Gasteiger partial charge in [0.05, 0.1) is 17.9 Å². The molecule has 2 amide bonds. The van der Waals surface area contributed by atoms with Gasteiger partial charge in [-0.3, -0.25) is 4.79 Å². The molecule has 0 aliphatic carbocycles. The zero-order chi connectivity index (χ0) is 14.5. The van der Waals surface area contributed by atoms with E-state index in [0.29, 0.717) is 32.4 Å². The number of nitriles is 1. The summed E-state index contributed by atoms with van der Waals surface area (Å²) in [5, 5.41) is 17.9. The lowest BCUT2D eigenvalue weighted by atomic mass is 9.78. The zero-order valence-electron chi connectivity index (χ0n) is 11.6. The summed E-state index contributed by atoms with van der Waals surface area (Å²) in [5.74, 6) is -0.827. The second-order valence-corrected chi connectivity index (χ2v) is 5.08. The molecule has 0 aromatic rings. The van der Waals surface area contributed by atoms with Gasteiger partial charge in [0.15, 0.2) is 0 Å². The van der Waals surface area contributed by atoms with Crippen LogP contribution in [0.4, 0.5) is 4.79 Å². The van der Waals surface area contributed by atoms with E-state index < -0.39 is 11.4 Å². The fraction of sp³-hybridized carbons (Fsp3) is 0.769. The number of likely N-dealkylation sites (tertiary alicyclic amines) is 1. The van der Waals surface area contributed by atoms with Crippen LogP contribution in [-0.4, -0.2) is 53.6 Å². The van der Waals surface area contributed by atoms with Crippen LogP contribution in [0, 0.1) is 16.7 Å². The van der Waals surface area contributed by atoms with Crippen LogP contribution in [0.2, 0.25) is 0 Å². The van der Waals surface area contributed by atoms with E-state index >= 15 is 0 Å². The highest BCUT2D eigenvalue weighted by molar-refractivity contribution is 5.78. The third-order valence-corrected chi connectivity index (χ3v) is 3.86. The maximum atomic E-state index is 12.2. The summed E-state index contributed by atoms with van der Waals surface area (Å²) in [6.07, 6.45) is 2.13. The highest BCUT2D eigenvalue weighted by Crippen LogP contribution is 2.33. The third kappa shape index (κ3) is 3.37. The van der Waals surface area contributed by atoms with Crippen molar-refractivity contribution in [1.82, 2.24) is 9.80 Å². The first-order valence-corrected chi connectivity index (χ1v) is 6.57. The Hall–Kier alpha value is -1.77. The van der Waals surface area contributed by atoms with Crippen LogP contribution in [0.15, 0.2) is 0 Å². The van der Waals surface area contributed by atoms with Gasteiger partial charge in [0.2, 0.25) is 0 Å². The Kier molecular flexibility index (Phi) is 5.16. The van der Waals surface area contributed by atoms with E-state index in [-0.39, 0.29) is 19.0 Å². The van der Waals surface area contributed by atoms with Crippen molar-refractivity contribution < 1.29 is 14.7 Å². The highest BCUT2D eigenvalue weighted by atomic mass is 16.4. The third-order valence-electron chi connectivity index (χ3n) is 3.86. The normalized spacial score (nSPS) is 22.7. The fourth-order valence-corrected chi connectivity index (χ4v) is 2.46. The maximum Gasteiger partial charge on any atom is 0.319 e. The molecule has 1 aliphatic rings. The molecule has 0 aromatic heterocycles.